The summed E-state index contributed by atoms with van der Waals surface area (Å²) in [5, 5.41) is 5.89. The van der Waals surface area contributed by atoms with Crippen LogP contribution in [-0.4, -0.2) is 53.9 Å². The number of amides is 2. The smallest absolute Gasteiger partial charge is 0.291 e. The molecule has 1 saturated heterocycles. The first-order chi connectivity index (χ1) is 19.5. The number of ether oxygens (including phenoxy) is 1. The highest BCUT2D eigenvalue weighted by molar-refractivity contribution is 6.12. The van der Waals surface area contributed by atoms with E-state index in [0.29, 0.717) is 17.9 Å². The quantitative estimate of drug-likeness (QED) is 0.339. The van der Waals surface area contributed by atoms with Gasteiger partial charge in [0.2, 0.25) is 5.91 Å². The van der Waals surface area contributed by atoms with Crippen LogP contribution in [0.1, 0.15) is 33.2 Å². The number of aromatic nitrogens is 2. The van der Waals surface area contributed by atoms with Crippen LogP contribution in [0.15, 0.2) is 84.1 Å². The lowest BCUT2D eigenvalue weighted by Gasteiger charge is -2.28. The molecule has 1 atom stereocenters. The van der Waals surface area contributed by atoms with Crippen LogP contribution < -0.4 is 15.5 Å². The minimum Gasteiger partial charge on any atom is -0.378 e. The summed E-state index contributed by atoms with van der Waals surface area (Å²) in [6.45, 7) is 3.25. The van der Waals surface area contributed by atoms with Gasteiger partial charge in [0, 0.05) is 55.8 Å². The Morgan fingerprint density at radius 3 is 2.67 bits per heavy atom. The number of aliphatic imine (C=N–C) groups is 1. The van der Waals surface area contributed by atoms with Gasteiger partial charge in [-0.05, 0) is 65.6 Å². The van der Waals surface area contributed by atoms with Gasteiger partial charge in [0.1, 0.15) is 5.92 Å². The van der Waals surface area contributed by atoms with Gasteiger partial charge in [0.15, 0.2) is 5.82 Å². The van der Waals surface area contributed by atoms with Gasteiger partial charge in [0.25, 0.3) is 5.91 Å². The SMILES string of the molecule is Cn1ccnc1C(=O)Nc1cccc(Cc2ccc3c(c2)C(C=Nc2ccc(N4CCOCC4)cc2)C(=O)N3)c1. The van der Waals surface area contributed by atoms with E-state index in [0.717, 1.165) is 60.1 Å². The highest BCUT2D eigenvalue weighted by Crippen LogP contribution is 2.33. The van der Waals surface area contributed by atoms with Crippen molar-refractivity contribution in [1.82, 2.24) is 9.55 Å². The van der Waals surface area contributed by atoms with Crippen molar-refractivity contribution in [3.8, 4) is 0 Å². The fourth-order valence-electron chi connectivity index (χ4n) is 5.09. The number of rotatable bonds is 7. The molecule has 2 N–H and O–H groups in total. The maximum absolute atomic E-state index is 12.8. The van der Waals surface area contributed by atoms with E-state index in [1.165, 1.54) is 0 Å². The summed E-state index contributed by atoms with van der Waals surface area (Å²) in [6, 6.07) is 21.8. The zero-order chi connectivity index (χ0) is 27.5. The van der Waals surface area contributed by atoms with Crippen molar-refractivity contribution >= 4 is 40.8 Å². The fraction of sp³-hybridized carbons (Fsp3) is 0.226. The molecule has 9 heteroatoms. The molecule has 2 amide bonds. The van der Waals surface area contributed by atoms with Crippen molar-refractivity contribution in [2.45, 2.75) is 12.3 Å². The van der Waals surface area contributed by atoms with Gasteiger partial charge >= 0.3 is 0 Å². The molecule has 0 bridgehead atoms. The van der Waals surface area contributed by atoms with Crippen molar-refractivity contribution < 1.29 is 14.3 Å². The number of nitrogens with one attached hydrogen (secondary N) is 2. The number of hydrogen-bond donors (Lipinski definition) is 2. The molecule has 2 aliphatic rings. The Morgan fingerprint density at radius 1 is 1.10 bits per heavy atom. The first-order valence-electron chi connectivity index (χ1n) is 13.3. The predicted molar refractivity (Wildman–Crippen MR) is 156 cm³/mol. The summed E-state index contributed by atoms with van der Waals surface area (Å²) in [5.74, 6) is -0.455. The number of fused-ring (bicyclic) bond motifs is 1. The number of benzene rings is 3. The summed E-state index contributed by atoms with van der Waals surface area (Å²) >= 11 is 0. The molecular weight excluding hydrogens is 504 g/mol. The maximum atomic E-state index is 12.8. The lowest BCUT2D eigenvalue weighted by molar-refractivity contribution is -0.115. The van der Waals surface area contributed by atoms with Crippen molar-refractivity contribution in [1.29, 1.82) is 0 Å². The minimum absolute atomic E-state index is 0.0835. The van der Waals surface area contributed by atoms with Crippen LogP contribution in [-0.2, 0) is 23.0 Å². The topological polar surface area (TPSA) is 101 Å². The fourth-order valence-corrected chi connectivity index (χ4v) is 5.09. The van der Waals surface area contributed by atoms with Gasteiger partial charge in [-0.25, -0.2) is 4.98 Å². The van der Waals surface area contributed by atoms with E-state index in [-0.39, 0.29) is 11.8 Å². The summed E-state index contributed by atoms with van der Waals surface area (Å²) in [5.41, 5.74) is 6.49. The van der Waals surface area contributed by atoms with Crippen LogP contribution in [0.3, 0.4) is 0 Å². The molecule has 40 heavy (non-hydrogen) atoms. The van der Waals surface area contributed by atoms with Crippen LogP contribution in [0.25, 0.3) is 0 Å². The molecule has 0 aliphatic carbocycles. The second-order valence-corrected chi connectivity index (χ2v) is 9.98. The Balaban J connectivity index is 1.15. The number of aryl methyl sites for hydroxylation is 1. The summed E-state index contributed by atoms with van der Waals surface area (Å²) in [7, 11) is 1.78. The molecule has 1 unspecified atom stereocenters. The third-order valence-corrected chi connectivity index (χ3v) is 7.21. The van der Waals surface area contributed by atoms with Crippen LogP contribution in [0, 0.1) is 0 Å². The van der Waals surface area contributed by atoms with Crippen molar-refractivity contribution in [2.24, 2.45) is 12.0 Å². The van der Waals surface area contributed by atoms with Crippen LogP contribution in [0.2, 0.25) is 0 Å². The Kier molecular flexibility index (Phi) is 7.11. The van der Waals surface area contributed by atoms with Crippen molar-refractivity contribution in [2.75, 3.05) is 41.8 Å². The zero-order valence-corrected chi connectivity index (χ0v) is 22.2. The number of hydrogen-bond acceptors (Lipinski definition) is 6. The van der Waals surface area contributed by atoms with E-state index in [1.807, 2.05) is 48.5 Å². The van der Waals surface area contributed by atoms with Gasteiger partial charge in [-0.15, -0.1) is 0 Å². The van der Waals surface area contributed by atoms with Crippen LogP contribution in [0.4, 0.5) is 22.7 Å². The van der Waals surface area contributed by atoms with Crippen molar-refractivity contribution in [3.63, 3.8) is 0 Å². The number of nitrogens with zero attached hydrogens (tertiary/aromatic N) is 4. The second kappa shape index (κ2) is 11.2. The lowest BCUT2D eigenvalue weighted by atomic mass is 9.96. The lowest BCUT2D eigenvalue weighted by Crippen LogP contribution is -2.36. The summed E-state index contributed by atoms with van der Waals surface area (Å²) in [6.07, 6.45) is 5.71. The Hall–Kier alpha value is -4.76. The molecule has 6 rings (SSSR count). The molecule has 3 aromatic carbocycles. The normalized spacial score (nSPS) is 16.7. The Bertz CT molecular complexity index is 1570. The van der Waals surface area contributed by atoms with Gasteiger partial charge in [-0.2, -0.15) is 0 Å². The number of anilines is 3. The third-order valence-electron chi connectivity index (χ3n) is 7.21. The van der Waals surface area contributed by atoms with Gasteiger partial charge in [-0.1, -0.05) is 24.3 Å². The highest BCUT2D eigenvalue weighted by Gasteiger charge is 2.29. The first kappa shape index (κ1) is 25.5. The van der Waals surface area contributed by atoms with E-state index in [1.54, 1.807) is 30.2 Å². The van der Waals surface area contributed by atoms with E-state index in [4.69, 9.17) is 4.74 Å². The van der Waals surface area contributed by atoms with E-state index in [9.17, 15) is 9.59 Å². The van der Waals surface area contributed by atoms with Crippen molar-refractivity contribution in [3.05, 3.63) is 102 Å². The molecule has 0 radical (unpaired) electrons. The summed E-state index contributed by atoms with van der Waals surface area (Å²) < 4.78 is 7.11. The molecule has 0 saturated carbocycles. The van der Waals surface area contributed by atoms with Crippen LogP contribution >= 0.6 is 0 Å². The Morgan fingerprint density at radius 2 is 1.90 bits per heavy atom. The molecular formula is C31H30N6O3. The van der Waals surface area contributed by atoms with E-state index in [2.05, 4.69) is 43.7 Å². The Labute approximate surface area is 232 Å². The van der Waals surface area contributed by atoms with Gasteiger partial charge in [-0.3, -0.25) is 14.6 Å². The molecule has 0 spiro atoms. The highest BCUT2D eigenvalue weighted by atomic mass is 16.5. The number of imidazole rings is 1. The number of carbonyl (C=O) groups is 2. The molecule has 2 aliphatic heterocycles. The van der Waals surface area contributed by atoms with Crippen LogP contribution in [0.5, 0.6) is 0 Å². The zero-order valence-electron chi connectivity index (χ0n) is 22.2. The number of morpholine rings is 1. The van der Waals surface area contributed by atoms with E-state index >= 15 is 0 Å². The predicted octanol–water partition coefficient (Wildman–Crippen LogP) is 4.54. The van der Waals surface area contributed by atoms with Gasteiger partial charge < -0.3 is 24.8 Å². The average molecular weight is 535 g/mol. The van der Waals surface area contributed by atoms with E-state index < -0.39 is 5.92 Å². The first-order valence-corrected chi connectivity index (χ1v) is 13.3. The largest absolute Gasteiger partial charge is 0.378 e. The second-order valence-electron chi connectivity index (χ2n) is 9.98. The number of carbonyl (C=O) groups excluding carboxylic acids is 2. The monoisotopic (exact) mass is 534 g/mol. The molecule has 9 nitrogen and oxygen atoms in total. The molecule has 1 fully saturated rings. The molecule has 1 aromatic heterocycles. The summed E-state index contributed by atoms with van der Waals surface area (Å²) in [4.78, 5) is 36.4. The molecule has 202 valence electrons. The maximum Gasteiger partial charge on any atom is 0.291 e. The third kappa shape index (κ3) is 5.50. The standard InChI is InChI=1S/C31H30N6O3/c1-36-12-11-32-29(36)31(39)34-24-4-2-3-21(18-24)17-22-5-10-28-26(19-22)27(30(38)35-28)20-33-23-6-8-25(9-7-23)37-13-15-40-16-14-37/h2-12,18-20,27H,13-17H2,1H3,(H,34,39)(H,35,38). The minimum atomic E-state index is -0.461. The molecule has 4 aromatic rings. The average Bonchev–Trinajstić information content (AvgIpc) is 3.54. The molecule has 3 heterocycles. The van der Waals surface area contributed by atoms with Gasteiger partial charge in [0.05, 0.1) is 18.9 Å².